The Kier molecular flexibility index (Phi) is 4.93. The topological polar surface area (TPSA) is 84.2 Å². The van der Waals surface area contributed by atoms with E-state index in [-0.39, 0.29) is 11.9 Å². The number of carbonyl (C=O) groups is 2. The Balaban J connectivity index is 1.93. The number of aromatic nitrogens is 1. The third-order valence-electron chi connectivity index (χ3n) is 3.31. The SMILES string of the molecule is CCc1ccc([C@@H](C)NC(=O)C(=O)Nc2cc(C)on2)cc1. The van der Waals surface area contributed by atoms with Gasteiger partial charge in [0.05, 0.1) is 6.04 Å². The van der Waals surface area contributed by atoms with Crippen LogP contribution in [0, 0.1) is 6.92 Å². The number of hydrogen-bond acceptors (Lipinski definition) is 4. The summed E-state index contributed by atoms with van der Waals surface area (Å²) in [6, 6.07) is 9.19. The van der Waals surface area contributed by atoms with Crippen LogP contribution in [0.3, 0.4) is 0 Å². The highest BCUT2D eigenvalue weighted by molar-refractivity contribution is 6.39. The van der Waals surface area contributed by atoms with Crippen molar-refractivity contribution >= 4 is 17.6 Å². The van der Waals surface area contributed by atoms with Crippen molar-refractivity contribution in [2.75, 3.05) is 5.32 Å². The average Bonchev–Trinajstić information content (AvgIpc) is 2.92. The summed E-state index contributed by atoms with van der Waals surface area (Å²) < 4.78 is 4.82. The van der Waals surface area contributed by atoms with Crippen LogP contribution in [0.5, 0.6) is 0 Å². The standard InChI is InChI=1S/C16H19N3O3/c1-4-12-5-7-13(8-6-12)11(3)17-15(20)16(21)18-14-9-10(2)22-19-14/h5-9,11H,4H2,1-3H3,(H,17,20)(H,18,19,21)/t11-/m1/s1. The molecule has 2 N–H and O–H groups in total. The third kappa shape index (κ3) is 3.94. The smallest absolute Gasteiger partial charge is 0.314 e. The van der Waals surface area contributed by atoms with Crippen molar-refractivity contribution in [2.24, 2.45) is 0 Å². The second-order valence-electron chi connectivity index (χ2n) is 5.07. The van der Waals surface area contributed by atoms with Gasteiger partial charge < -0.3 is 9.84 Å². The van der Waals surface area contributed by atoms with Gasteiger partial charge in [0, 0.05) is 6.07 Å². The molecule has 1 atom stereocenters. The number of nitrogens with zero attached hydrogens (tertiary/aromatic N) is 1. The normalized spacial score (nSPS) is 11.8. The highest BCUT2D eigenvalue weighted by atomic mass is 16.5. The van der Waals surface area contributed by atoms with E-state index in [0.29, 0.717) is 5.76 Å². The minimum absolute atomic E-state index is 0.220. The lowest BCUT2D eigenvalue weighted by molar-refractivity contribution is -0.136. The van der Waals surface area contributed by atoms with Gasteiger partial charge in [-0.1, -0.05) is 36.3 Å². The van der Waals surface area contributed by atoms with Gasteiger partial charge >= 0.3 is 11.8 Å². The largest absolute Gasteiger partial charge is 0.360 e. The number of benzene rings is 1. The summed E-state index contributed by atoms with van der Waals surface area (Å²) in [4.78, 5) is 23.7. The summed E-state index contributed by atoms with van der Waals surface area (Å²) in [5.74, 6) is -0.712. The molecule has 2 aromatic rings. The van der Waals surface area contributed by atoms with Gasteiger partial charge in [0.25, 0.3) is 0 Å². The van der Waals surface area contributed by atoms with E-state index in [1.807, 2.05) is 31.2 Å². The fourth-order valence-electron chi connectivity index (χ4n) is 1.99. The maximum atomic E-state index is 11.9. The zero-order valence-electron chi connectivity index (χ0n) is 12.8. The van der Waals surface area contributed by atoms with Crippen molar-refractivity contribution in [2.45, 2.75) is 33.2 Å². The molecule has 1 aromatic carbocycles. The van der Waals surface area contributed by atoms with Gasteiger partial charge in [0.15, 0.2) is 5.82 Å². The molecule has 0 aliphatic rings. The van der Waals surface area contributed by atoms with Gasteiger partial charge in [0.2, 0.25) is 0 Å². The van der Waals surface area contributed by atoms with Gasteiger partial charge in [-0.05, 0) is 31.4 Å². The molecule has 6 heteroatoms. The van der Waals surface area contributed by atoms with Crippen molar-refractivity contribution in [3.8, 4) is 0 Å². The molecular weight excluding hydrogens is 282 g/mol. The van der Waals surface area contributed by atoms with E-state index >= 15 is 0 Å². The van der Waals surface area contributed by atoms with E-state index in [9.17, 15) is 9.59 Å². The van der Waals surface area contributed by atoms with Gasteiger partial charge in [-0.25, -0.2) is 0 Å². The van der Waals surface area contributed by atoms with Crippen LogP contribution < -0.4 is 10.6 Å². The molecule has 2 amide bonds. The average molecular weight is 301 g/mol. The Bertz CT molecular complexity index is 662. The van der Waals surface area contributed by atoms with Crippen LogP contribution in [0.25, 0.3) is 0 Å². The molecule has 1 heterocycles. The van der Waals surface area contributed by atoms with Crippen molar-refractivity contribution in [1.29, 1.82) is 0 Å². The molecule has 0 unspecified atom stereocenters. The molecule has 6 nitrogen and oxygen atoms in total. The third-order valence-corrected chi connectivity index (χ3v) is 3.31. The van der Waals surface area contributed by atoms with Crippen molar-refractivity contribution < 1.29 is 14.1 Å². The number of amides is 2. The van der Waals surface area contributed by atoms with Crippen molar-refractivity contribution in [3.63, 3.8) is 0 Å². The van der Waals surface area contributed by atoms with E-state index in [1.165, 1.54) is 11.6 Å². The highest BCUT2D eigenvalue weighted by Gasteiger charge is 2.18. The summed E-state index contributed by atoms with van der Waals surface area (Å²) in [5.41, 5.74) is 2.16. The van der Waals surface area contributed by atoms with E-state index in [2.05, 4.69) is 22.7 Å². The monoisotopic (exact) mass is 301 g/mol. The molecule has 0 saturated carbocycles. The van der Waals surface area contributed by atoms with E-state index in [0.717, 1.165) is 12.0 Å². The first kappa shape index (κ1) is 15.8. The van der Waals surface area contributed by atoms with Gasteiger partial charge in [-0.3, -0.25) is 14.9 Å². The van der Waals surface area contributed by atoms with Crippen LogP contribution in [0.1, 0.15) is 36.8 Å². The molecule has 0 radical (unpaired) electrons. The Morgan fingerprint density at radius 1 is 1.23 bits per heavy atom. The first-order valence-electron chi connectivity index (χ1n) is 7.13. The van der Waals surface area contributed by atoms with Crippen LogP contribution in [0.2, 0.25) is 0 Å². The molecule has 22 heavy (non-hydrogen) atoms. The van der Waals surface area contributed by atoms with Crippen LogP contribution in [-0.4, -0.2) is 17.0 Å². The van der Waals surface area contributed by atoms with Crippen LogP contribution in [-0.2, 0) is 16.0 Å². The van der Waals surface area contributed by atoms with Gasteiger partial charge in [0.1, 0.15) is 5.76 Å². The van der Waals surface area contributed by atoms with Crippen molar-refractivity contribution in [1.82, 2.24) is 10.5 Å². The van der Waals surface area contributed by atoms with Crippen LogP contribution in [0.4, 0.5) is 5.82 Å². The molecule has 1 aromatic heterocycles. The molecule has 0 spiro atoms. The Labute approximate surface area is 128 Å². The predicted octanol–water partition coefficient (Wildman–Crippen LogP) is 2.36. The fraction of sp³-hybridized carbons (Fsp3) is 0.312. The summed E-state index contributed by atoms with van der Waals surface area (Å²) in [5, 5.41) is 8.64. The minimum atomic E-state index is -0.773. The molecular formula is C16H19N3O3. The van der Waals surface area contributed by atoms with Gasteiger partial charge in [-0.2, -0.15) is 0 Å². The molecule has 2 rings (SSSR count). The molecule has 0 aliphatic heterocycles. The van der Waals surface area contributed by atoms with E-state index < -0.39 is 11.8 Å². The number of hydrogen-bond donors (Lipinski definition) is 2. The number of nitrogens with one attached hydrogen (secondary N) is 2. The number of aryl methyl sites for hydroxylation is 2. The minimum Gasteiger partial charge on any atom is -0.360 e. The molecule has 0 saturated heterocycles. The van der Waals surface area contributed by atoms with E-state index in [4.69, 9.17) is 4.52 Å². The lowest BCUT2D eigenvalue weighted by Gasteiger charge is -2.14. The molecule has 0 bridgehead atoms. The molecule has 0 aliphatic carbocycles. The number of anilines is 1. The Hall–Kier alpha value is -2.63. The fourth-order valence-corrected chi connectivity index (χ4v) is 1.99. The first-order valence-corrected chi connectivity index (χ1v) is 7.13. The zero-order valence-corrected chi connectivity index (χ0v) is 12.8. The summed E-state index contributed by atoms with van der Waals surface area (Å²) in [6.45, 7) is 5.60. The summed E-state index contributed by atoms with van der Waals surface area (Å²) in [7, 11) is 0. The quantitative estimate of drug-likeness (QED) is 0.849. The van der Waals surface area contributed by atoms with Crippen LogP contribution in [0.15, 0.2) is 34.9 Å². The maximum absolute atomic E-state index is 11.9. The number of rotatable bonds is 4. The highest BCUT2D eigenvalue weighted by Crippen LogP contribution is 2.14. The summed E-state index contributed by atoms with van der Waals surface area (Å²) >= 11 is 0. The predicted molar refractivity (Wildman–Crippen MR) is 82.2 cm³/mol. The lowest BCUT2D eigenvalue weighted by Crippen LogP contribution is -2.37. The molecule has 0 fully saturated rings. The van der Waals surface area contributed by atoms with Gasteiger partial charge in [-0.15, -0.1) is 0 Å². The summed E-state index contributed by atoms with van der Waals surface area (Å²) in [6.07, 6.45) is 0.959. The lowest BCUT2D eigenvalue weighted by atomic mass is 10.1. The Morgan fingerprint density at radius 2 is 1.91 bits per heavy atom. The number of carbonyl (C=O) groups excluding carboxylic acids is 2. The maximum Gasteiger partial charge on any atom is 0.314 e. The van der Waals surface area contributed by atoms with Crippen molar-refractivity contribution in [3.05, 3.63) is 47.2 Å². The van der Waals surface area contributed by atoms with E-state index in [1.54, 1.807) is 6.92 Å². The molecule has 116 valence electrons. The van der Waals surface area contributed by atoms with Crippen LogP contribution >= 0.6 is 0 Å². The first-order chi connectivity index (χ1) is 10.5. The zero-order chi connectivity index (χ0) is 16.1. The Morgan fingerprint density at radius 3 is 2.45 bits per heavy atom. The second-order valence-corrected chi connectivity index (χ2v) is 5.07. The second kappa shape index (κ2) is 6.89.